The monoisotopic (exact) mass is 260 g/mol. The van der Waals surface area contributed by atoms with E-state index in [0.717, 1.165) is 31.4 Å². The Hall–Kier alpha value is -1.06. The zero-order valence-corrected chi connectivity index (χ0v) is 11.6. The number of rotatable bonds is 3. The molecule has 0 heterocycles. The number of nitrogens with two attached hydrogens (primary N) is 2. The van der Waals surface area contributed by atoms with Crippen LogP contribution in [-0.2, 0) is 0 Å². The molecule has 19 heavy (non-hydrogen) atoms. The highest BCUT2D eigenvalue weighted by atomic mass is 16.5. The van der Waals surface area contributed by atoms with E-state index in [2.05, 4.69) is 12.1 Å². The molecule has 2 atom stereocenters. The van der Waals surface area contributed by atoms with Crippen LogP contribution in [0.1, 0.15) is 43.6 Å². The number of hydrogen-bond donors (Lipinski definition) is 2. The van der Waals surface area contributed by atoms with Gasteiger partial charge in [0.05, 0.1) is 7.11 Å². The smallest absolute Gasteiger partial charge is 0.118 e. The Balaban J connectivity index is 1.66. The molecule has 0 aliphatic heterocycles. The van der Waals surface area contributed by atoms with Gasteiger partial charge in [-0.1, -0.05) is 12.1 Å². The Kier molecular flexibility index (Phi) is 3.27. The summed E-state index contributed by atoms with van der Waals surface area (Å²) in [4.78, 5) is 0. The van der Waals surface area contributed by atoms with E-state index in [0.29, 0.717) is 17.9 Å². The molecule has 2 fully saturated rings. The summed E-state index contributed by atoms with van der Waals surface area (Å²) in [6.07, 6.45) is 5.58. The standard InChI is InChI=1S/C16H24N2O/c1-19-13-4-2-11(3-5-13)14-10-15(14)16(18)8-6-12(17)7-9-16/h2-5,12,14-15H,6-10,17-18H2,1H3/t12?,14-,15?,16?/m0/s1. The summed E-state index contributed by atoms with van der Waals surface area (Å²) in [6.45, 7) is 0. The second kappa shape index (κ2) is 4.80. The van der Waals surface area contributed by atoms with E-state index in [1.54, 1.807) is 7.11 Å². The van der Waals surface area contributed by atoms with E-state index in [1.165, 1.54) is 12.0 Å². The fraction of sp³-hybridized carbons (Fsp3) is 0.625. The molecule has 1 aromatic rings. The van der Waals surface area contributed by atoms with Crippen molar-refractivity contribution in [1.82, 2.24) is 0 Å². The summed E-state index contributed by atoms with van der Waals surface area (Å²) in [5.41, 5.74) is 14.1. The number of methoxy groups -OCH3 is 1. The highest BCUT2D eigenvalue weighted by Crippen LogP contribution is 2.56. The molecule has 0 bridgehead atoms. The van der Waals surface area contributed by atoms with Crippen LogP contribution in [0.25, 0.3) is 0 Å². The van der Waals surface area contributed by atoms with Crippen LogP contribution in [0.15, 0.2) is 24.3 Å². The molecule has 3 nitrogen and oxygen atoms in total. The third kappa shape index (κ3) is 2.49. The van der Waals surface area contributed by atoms with Gasteiger partial charge < -0.3 is 16.2 Å². The van der Waals surface area contributed by atoms with E-state index in [9.17, 15) is 0 Å². The van der Waals surface area contributed by atoms with Crippen molar-refractivity contribution in [2.45, 2.75) is 49.6 Å². The SMILES string of the molecule is COc1ccc([C@@H]2CC2C2(N)CCC(N)CC2)cc1. The first-order chi connectivity index (χ1) is 9.12. The van der Waals surface area contributed by atoms with Crippen molar-refractivity contribution in [1.29, 1.82) is 0 Å². The van der Waals surface area contributed by atoms with Crippen molar-refractivity contribution in [3.05, 3.63) is 29.8 Å². The lowest BCUT2D eigenvalue weighted by Crippen LogP contribution is -2.48. The van der Waals surface area contributed by atoms with Gasteiger partial charge in [-0.05, 0) is 61.6 Å². The Morgan fingerprint density at radius 1 is 1.16 bits per heavy atom. The highest BCUT2D eigenvalue weighted by Gasteiger charge is 2.51. The Labute approximate surface area is 115 Å². The molecule has 4 N–H and O–H groups in total. The number of hydrogen-bond acceptors (Lipinski definition) is 3. The predicted molar refractivity (Wildman–Crippen MR) is 77.2 cm³/mol. The Morgan fingerprint density at radius 3 is 2.37 bits per heavy atom. The van der Waals surface area contributed by atoms with Crippen LogP contribution in [-0.4, -0.2) is 18.7 Å². The molecule has 2 aliphatic carbocycles. The van der Waals surface area contributed by atoms with Gasteiger partial charge in [-0.3, -0.25) is 0 Å². The highest BCUT2D eigenvalue weighted by molar-refractivity contribution is 5.34. The van der Waals surface area contributed by atoms with Gasteiger partial charge in [0.2, 0.25) is 0 Å². The summed E-state index contributed by atoms with van der Waals surface area (Å²) in [5.74, 6) is 2.21. The molecular weight excluding hydrogens is 236 g/mol. The molecule has 3 rings (SSSR count). The molecule has 0 spiro atoms. The molecule has 0 aromatic heterocycles. The number of ether oxygens (including phenoxy) is 1. The van der Waals surface area contributed by atoms with Crippen LogP contribution >= 0.6 is 0 Å². The summed E-state index contributed by atoms with van der Waals surface area (Å²) in [6, 6.07) is 8.83. The van der Waals surface area contributed by atoms with Gasteiger partial charge >= 0.3 is 0 Å². The van der Waals surface area contributed by atoms with Gasteiger partial charge in [0.1, 0.15) is 5.75 Å². The van der Waals surface area contributed by atoms with Gasteiger partial charge in [0, 0.05) is 11.6 Å². The molecule has 0 radical (unpaired) electrons. The Morgan fingerprint density at radius 2 is 1.79 bits per heavy atom. The van der Waals surface area contributed by atoms with Crippen LogP contribution in [0, 0.1) is 5.92 Å². The average molecular weight is 260 g/mol. The predicted octanol–water partition coefficient (Wildman–Crippen LogP) is 2.40. The van der Waals surface area contributed by atoms with E-state index in [1.807, 2.05) is 12.1 Å². The molecule has 3 heteroatoms. The van der Waals surface area contributed by atoms with Crippen LogP contribution < -0.4 is 16.2 Å². The maximum absolute atomic E-state index is 6.63. The molecule has 0 saturated heterocycles. The average Bonchev–Trinajstić information content (AvgIpc) is 3.24. The van der Waals surface area contributed by atoms with Crippen LogP contribution in [0.3, 0.4) is 0 Å². The van der Waals surface area contributed by atoms with Gasteiger partial charge in [0.25, 0.3) is 0 Å². The summed E-state index contributed by atoms with van der Waals surface area (Å²) >= 11 is 0. The van der Waals surface area contributed by atoms with E-state index in [4.69, 9.17) is 16.2 Å². The first kappa shape index (κ1) is 12.9. The van der Waals surface area contributed by atoms with E-state index < -0.39 is 0 Å². The van der Waals surface area contributed by atoms with Gasteiger partial charge in [-0.25, -0.2) is 0 Å². The van der Waals surface area contributed by atoms with Crippen molar-refractivity contribution in [2.24, 2.45) is 17.4 Å². The lowest BCUT2D eigenvalue weighted by Gasteiger charge is -2.36. The minimum absolute atomic E-state index is 0.0282. The van der Waals surface area contributed by atoms with E-state index >= 15 is 0 Å². The lowest BCUT2D eigenvalue weighted by molar-refractivity contribution is 0.239. The Bertz CT molecular complexity index is 435. The van der Waals surface area contributed by atoms with Gasteiger partial charge in [0.15, 0.2) is 0 Å². The summed E-state index contributed by atoms with van der Waals surface area (Å²) < 4.78 is 5.21. The largest absolute Gasteiger partial charge is 0.497 e. The summed E-state index contributed by atoms with van der Waals surface area (Å²) in [5, 5.41) is 0. The zero-order chi connectivity index (χ0) is 13.5. The normalized spacial score (nSPS) is 37.9. The fourth-order valence-corrected chi connectivity index (χ4v) is 3.60. The maximum Gasteiger partial charge on any atom is 0.118 e. The van der Waals surface area contributed by atoms with Crippen molar-refractivity contribution < 1.29 is 4.74 Å². The van der Waals surface area contributed by atoms with E-state index in [-0.39, 0.29) is 5.54 Å². The third-order valence-corrected chi connectivity index (χ3v) is 5.03. The van der Waals surface area contributed by atoms with Crippen molar-refractivity contribution in [3.63, 3.8) is 0 Å². The minimum Gasteiger partial charge on any atom is -0.497 e. The van der Waals surface area contributed by atoms with Crippen LogP contribution in [0.2, 0.25) is 0 Å². The summed E-state index contributed by atoms with van der Waals surface area (Å²) in [7, 11) is 1.70. The van der Waals surface area contributed by atoms with Gasteiger partial charge in [-0.15, -0.1) is 0 Å². The molecule has 2 saturated carbocycles. The van der Waals surface area contributed by atoms with Crippen molar-refractivity contribution >= 4 is 0 Å². The molecule has 0 amide bonds. The molecule has 2 aliphatic rings. The fourth-order valence-electron chi connectivity index (χ4n) is 3.60. The number of benzene rings is 1. The van der Waals surface area contributed by atoms with Crippen molar-refractivity contribution in [3.8, 4) is 5.75 Å². The third-order valence-electron chi connectivity index (χ3n) is 5.03. The molecule has 1 unspecified atom stereocenters. The second-order valence-corrected chi connectivity index (χ2v) is 6.29. The van der Waals surface area contributed by atoms with Gasteiger partial charge in [-0.2, -0.15) is 0 Å². The van der Waals surface area contributed by atoms with Crippen LogP contribution in [0.4, 0.5) is 0 Å². The minimum atomic E-state index is 0.0282. The van der Waals surface area contributed by atoms with Crippen molar-refractivity contribution in [2.75, 3.05) is 7.11 Å². The van der Waals surface area contributed by atoms with Crippen LogP contribution in [0.5, 0.6) is 5.75 Å². The molecule has 104 valence electrons. The first-order valence-electron chi connectivity index (χ1n) is 7.31. The second-order valence-electron chi connectivity index (χ2n) is 6.29. The maximum atomic E-state index is 6.63. The first-order valence-corrected chi connectivity index (χ1v) is 7.31. The lowest BCUT2D eigenvalue weighted by atomic mass is 9.76. The molecule has 1 aromatic carbocycles. The zero-order valence-electron chi connectivity index (χ0n) is 11.6. The topological polar surface area (TPSA) is 61.3 Å². The molecular formula is C16H24N2O. The quantitative estimate of drug-likeness (QED) is 0.877.